The number of carbonyl (C=O) groups excluding carboxylic acids is 1. The zero-order valence-electron chi connectivity index (χ0n) is 13.6. The number of benzene rings is 1. The number of fused-ring (bicyclic) bond motifs is 1. The van der Waals surface area contributed by atoms with Crippen LogP contribution < -0.4 is 4.74 Å². The monoisotopic (exact) mass is 329 g/mol. The summed E-state index contributed by atoms with van der Waals surface area (Å²) in [6.45, 7) is 4.31. The fourth-order valence-electron chi connectivity index (χ4n) is 3.49. The third-order valence-electron chi connectivity index (χ3n) is 4.76. The number of ether oxygens (including phenoxy) is 1. The van der Waals surface area contributed by atoms with Crippen molar-refractivity contribution >= 4 is 5.91 Å². The summed E-state index contributed by atoms with van der Waals surface area (Å²) in [4.78, 5) is 14.0. The molecule has 0 radical (unpaired) electrons. The smallest absolute Gasteiger partial charge is 0.223 e. The second kappa shape index (κ2) is 5.27. The van der Waals surface area contributed by atoms with Gasteiger partial charge >= 0.3 is 0 Å². The minimum absolute atomic E-state index is 0.0627. The number of hydrogen-bond donors (Lipinski definition) is 2. The molecule has 2 atom stereocenters. The van der Waals surface area contributed by atoms with E-state index in [2.05, 4.69) is 20.6 Å². The molecule has 24 heavy (non-hydrogen) atoms. The molecular formula is C16H19N5O3. The SMILES string of the molecule is CC1(C)Oc2ccc(-c3nn[nH]n3)cc2C(N2CCCC2=O)[C@@H]1O. The molecule has 126 valence electrons. The second-order valence-corrected chi connectivity index (χ2v) is 6.77. The van der Waals surface area contributed by atoms with Gasteiger partial charge in [0.1, 0.15) is 17.5 Å². The number of hydrogen-bond acceptors (Lipinski definition) is 6. The number of aromatic amines is 1. The number of nitrogens with zero attached hydrogens (tertiary/aromatic N) is 4. The first kappa shape index (κ1) is 15.1. The molecule has 8 nitrogen and oxygen atoms in total. The van der Waals surface area contributed by atoms with Crippen LogP contribution in [0.3, 0.4) is 0 Å². The normalized spacial score (nSPS) is 25.5. The molecule has 0 bridgehead atoms. The summed E-state index contributed by atoms with van der Waals surface area (Å²) in [6, 6.07) is 5.11. The van der Waals surface area contributed by atoms with E-state index in [-0.39, 0.29) is 5.91 Å². The van der Waals surface area contributed by atoms with Crippen molar-refractivity contribution in [2.24, 2.45) is 0 Å². The molecule has 1 fully saturated rings. The number of nitrogens with one attached hydrogen (secondary N) is 1. The maximum absolute atomic E-state index is 12.3. The Labute approximate surface area is 138 Å². The lowest BCUT2D eigenvalue weighted by Gasteiger charge is -2.45. The van der Waals surface area contributed by atoms with E-state index in [1.807, 2.05) is 32.0 Å². The molecule has 4 rings (SSSR count). The number of H-pyrrole nitrogens is 1. The predicted molar refractivity (Wildman–Crippen MR) is 84.0 cm³/mol. The summed E-state index contributed by atoms with van der Waals surface area (Å²) in [5.74, 6) is 1.19. The van der Waals surface area contributed by atoms with E-state index < -0.39 is 17.7 Å². The molecule has 2 N–H and O–H groups in total. The molecule has 1 saturated heterocycles. The number of amides is 1. The van der Waals surface area contributed by atoms with Crippen molar-refractivity contribution in [2.75, 3.05) is 6.54 Å². The molecule has 8 heteroatoms. The Morgan fingerprint density at radius 1 is 1.42 bits per heavy atom. The Kier molecular flexibility index (Phi) is 3.31. The number of carbonyl (C=O) groups is 1. The van der Waals surface area contributed by atoms with E-state index in [1.54, 1.807) is 4.90 Å². The van der Waals surface area contributed by atoms with Gasteiger partial charge < -0.3 is 14.7 Å². The van der Waals surface area contributed by atoms with Gasteiger partial charge in [0.15, 0.2) is 0 Å². The van der Waals surface area contributed by atoms with Gasteiger partial charge in [0.2, 0.25) is 11.7 Å². The van der Waals surface area contributed by atoms with Crippen molar-refractivity contribution in [1.82, 2.24) is 25.5 Å². The fraction of sp³-hybridized carbons (Fsp3) is 0.500. The predicted octanol–water partition coefficient (Wildman–Crippen LogP) is 1.06. The van der Waals surface area contributed by atoms with Crippen LogP contribution in [0.15, 0.2) is 18.2 Å². The lowest BCUT2D eigenvalue weighted by Crippen LogP contribution is -2.53. The largest absolute Gasteiger partial charge is 0.485 e. The van der Waals surface area contributed by atoms with Crippen molar-refractivity contribution in [3.8, 4) is 17.1 Å². The van der Waals surface area contributed by atoms with Crippen molar-refractivity contribution in [3.63, 3.8) is 0 Å². The lowest BCUT2D eigenvalue weighted by atomic mass is 9.85. The van der Waals surface area contributed by atoms with Gasteiger partial charge in [-0.05, 0) is 43.7 Å². The van der Waals surface area contributed by atoms with E-state index in [0.717, 1.165) is 17.5 Å². The molecule has 2 aromatic rings. The van der Waals surface area contributed by atoms with Crippen molar-refractivity contribution < 1.29 is 14.6 Å². The van der Waals surface area contributed by atoms with Crippen molar-refractivity contribution in [3.05, 3.63) is 23.8 Å². The van der Waals surface area contributed by atoms with Crippen LogP contribution in [0.2, 0.25) is 0 Å². The van der Waals surface area contributed by atoms with Crippen LogP contribution >= 0.6 is 0 Å². The Morgan fingerprint density at radius 3 is 2.92 bits per heavy atom. The van der Waals surface area contributed by atoms with E-state index in [9.17, 15) is 9.90 Å². The Morgan fingerprint density at radius 2 is 2.25 bits per heavy atom. The van der Waals surface area contributed by atoms with Crippen LogP contribution in [-0.4, -0.2) is 54.8 Å². The van der Waals surface area contributed by atoms with E-state index in [0.29, 0.717) is 24.5 Å². The van der Waals surface area contributed by atoms with Gasteiger partial charge in [-0.3, -0.25) is 4.79 Å². The van der Waals surface area contributed by atoms with Crippen LogP contribution in [0.1, 0.15) is 38.3 Å². The van der Waals surface area contributed by atoms with E-state index in [4.69, 9.17) is 4.74 Å². The van der Waals surface area contributed by atoms with Gasteiger partial charge in [-0.25, -0.2) is 0 Å². The minimum Gasteiger partial charge on any atom is -0.485 e. The number of aliphatic hydroxyl groups is 1. The van der Waals surface area contributed by atoms with Crippen LogP contribution in [-0.2, 0) is 4.79 Å². The molecule has 2 aliphatic rings. The molecule has 1 amide bonds. The van der Waals surface area contributed by atoms with Crippen LogP contribution in [0.5, 0.6) is 5.75 Å². The summed E-state index contributed by atoms with van der Waals surface area (Å²) in [5, 5.41) is 24.9. The number of tetrazole rings is 1. The minimum atomic E-state index is -0.826. The first-order valence-electron chi connectivity index (χ1n) is 8.02. The third-order valence-corrected chi connectivity index (χ3v) is 4.76. The Hall–Kier alpha value is -2.48. The fourth-order valence-corrected chi connectivity index (χ4v) is 3.49. The molecule has 1 aromatic carbocycles. The highest BCUT2D eigenvalue weighted by molar-refractivity contribution is 5.79. The Balaban J connectivity index is 1.83. The van der Waals surface area contributed by atoms with Gasteiger partial charge in [0.25, 0.3) is 0 Å². The van der Waals surface area contributed by atoms with Gasteiger partial charge in [-0.1, -0.05) is 0 Å². The standard InChI is InChI=1S/C16H19N5O3/c1-16(2)14(23)13(21-7-3-4-12(21)22)10-8-9(5-6-11(10)24-16)15-17-19-20-18-15/h5-6,8,13-14,23H,3-4,7H2,1-2H3,(H,17,18,19,20)/t13?,14-/m0/s1. The summed E-state index contributed by atoms with van der Waals surface area (Å²) in [6.07, 6.45) is 0.501. The number of likely N-dealkylation sites (tertiary alicyclic amines) is 1. The molecule has 0 spiro atoms. The summed E-state index contributed by atoms with van der Waals surface area (Å²) < 4.78 is 5.98. The summed E-state index contributed by atoms with van der Waals surface area (Å²) in [7, 11) is 0. The molecule has 0 aliphatic carbocycles. The topological polar surface area (TPSA) is 104 Å². The van der Waals surface area contributed by atoms with Crippen LogP contribution in [0, 0.1) is 0 Å². The number of aromatic nitrogens is 4. The first-order chi connectivity index (χ1) is 11.5. The van der Waals surface area contributed by atoms with Crippen LogP contribution in [0.25, 0.3) is 11.4 Å². The lowest BCUT2D eigenvalue weighted by molar-refractivity contribution is -0.139. The van der Waals surface area contributed by atoms with Gasteiger partial charge in [-0.2, -0.15) is 5.21 Å². The average molecular weight is 329 g/mol. The highest BCUT2D eigenvalue weighted by Gasteiger charge is 2.47. The maximum atomic E-state index is 12.3. The van der Waals surface area contributed by atoms with Crippen LogP contribution in [0.4, 0.5) is 0 Å². The van der Waals surface area contributed by atoms with Crippen molar-refractivity contribution in [2.45, 2.75) is 44.4 Å². The first-order valence-corrected chi connectivity index (χ1v) is 8.02. The average Bonchev–Trinajstić information content (AvgIpc) is 3.20. The molecule has 0 saturated carbocycles. The summed E-state index contributed by atoms with van der Waals surface area (Å²) in [5.41, 5.74) is 0.753. The van der Waals surface area contributed by atoms with Crippen molar-refractivity contribution in [1.29, 1.82) is 0 Å². The van der Waals surface area contributed by atoms with Gasteiger partial charge in [-0.15, -0.1) is 10.2 Å². The highest BCUT2D eigenvalue weighted by atomic mass is 16.5. The number of rotatable bonds is 2. The molecule has 1 unspecified atom stereocenters. The molecule has 1 aromatic heterocycles. The number of aliphatic hydroxyl groups excluding tert-OH is 1. The Bertz CT molecular complexity index is 774. The zero-order valence-corrected chi connectivity index (χ0v) is 13.6. The summed E-state index contributed by atoms with van der Waals surface area (Å²) >= 11 is 0. The highest BCUT2D eigenvalue weighted by Crippen LogP contribution is 2.45. The molecular weight excluding hydrogens is 310 g/mol. The molecule has 2 aliphatic heterocycles. The third kappa shape index (κ3) is 2.25. The van der Waals surface area contributed by atoms with E-state index in [1.165, 1.54) is 0 Å². The molecule has 3 heterocycles. The van der Waals surface area contributed by atoms with E-state index >= 15 is 0 Å². The van der Waals surface area contributed by atoms with Gasteiger partial charge in [0, 0.05) is 24.1 Å². The second-order valence-electron chi connectivity index (χ2n) is 6.77. The van der Waals surface area contributed by atoms with Gasteiger partial charge in [0.05, 0.1) is 6.04 Å². The zero-order chi connectivity index (χ0) is 16.9. The quantitative estimate of drug-likeness (QED) is 0.854. The maximum Gasteiger partial charge on any atom is 0.223 e.